The summed E-state index contributed by atoms with van der Waals surface area (Å²) in [6.07, 6.45) is -0.778. The standard InChI is InChI=1S/C17H12BrF3N2/c1-23-15-8-7-13(18)10-14(15)22-16(23)9-4-11-2-5-12(6-3-11)17(19,20)21/h2-10H,1H3/b9-4+. The van der Waals surface area contributed by atoms with Gasteiger partial charge in [0.15, 0.2) is 0 Å². The van der Waals surface area contributed by atoms with E-state index in [9.17, 15) is 13.2 Å². The monoisotopic (exact) mass is 380 g/mol. The molecule has 1 aromatic heterocycles. The number of nitrogens with zero attached hydrogens (tertiary/aromatic N) is 2. The van der Waals surface area contributed by atoms with Gasteiger partial charge in [0, 0.05) is 11.5 Å². The average Bonchev–Trinajstić information content (AvgIpc) is 2.80. The molecule has 2 nitrogen and oxygen atoms in total. The Hall–Kier alpha value is -2.08. The highest BCUT2D eigenvalue weighted by atomic mass is 79.9. The van der Waals surface area contributed by atoms with Crippen molar-refractivity contribution in [2.45, 2.75) is 6.18 Å². The number of rotatable bonds is 2. The number of hydrogen-bond acceptors (Lipinski definition) is 1. The Morgan fingerprint density at radius 2 is 1.74 bits per heavy atom. The molecule has 0 fully saturated rings. The van der Waals surface area contributed by atoms with Crippen molar-refractivity contribution in [1.29, 1.82) is 0 Å². The van der Waals surface area contributed by atoms with Gasteiger partial charge in [0.1, 0.15) is 5.82 Å². The second-order valence-corrected chi connectivity index (χ2v) is 6.03. The molecule has 3 rings (SSSR count). The molecule has 6 heteroatoms. The molecule has 0 atom stereocenters. The number of benzene rings is 2. The predicted octanol–water partition coefficient (Wildman–Crippen LogP) is 5.53. The van der Waals surface area contributed by atoms with E-state index in [0.717, 1.165) is 33.5 Å². The summed E-state index contributed by atoms with van der Waals surface area (Å²) in [6.45, 7) is 0. The molecule has 0 aliphatic rings. The van der Waals surface area contributed by atoms with E-state index in [1.165, 1.54) is 12.1 Å². The fraction of sp³-hybridized carbons (Fsp3) is 0.118. The van der Waals surface area contributed by atoms with E-state index in [0.29, 0.717) is 5.56 Å². The summed E-state index contributed by atoms with van der Waals surface area (Å²) in [5.41, 5.74) is 1.88. The first-order valence-corrected chi connectivity index (χ1v) is 7.61. The first-order chi connectivity index (χ1) is 10.8. The lowest BCUT2D eigenvalue weighted by atomic mass is 10.1. The van der Waals surface area contributed by atoms with Gasteiger partial charge in [0.25, 0.3) is 0 Å². The summed E-state index contributed by atoms with van der Waals surface area (Å²) < 4.78 is 40.5. The Labute approximate surface area is 139 Å². The normalized spacial score (nSPS) is 12.4. The smallest absolute Gasteiger partial charge is 0.328 e. The van der Waals surface area contributed by atoms with Crippen LogP contribution in [-0.4, -0.2) is 9.55 Å². The molecule has 0 saturated carbocycles. The van der Waals surface area contributed by atoms with E-state index >= 15 is 0 Å². The molecular formula is C17H12BrF3N2. The predicted molar refractivity (Wildman–Crippen MR) is 88.8 cm³/mol. The van der Waals surface area contributed by atoms with Gasteiger partial charge >= 0.3 is 6.18 Å². The molecule has 0 radical (unpaired) electrons. The van der Waals surface area contributed by atoms with E-state index in [2.05, 4.69) is 20.9 Å². The molecule has 0 aliphatic heterocycles. The van der Waals surface area contributed by atoms with Gasteiger partial charge in [-0.3, -0.25) is 0 Å². The maximum Gasteiger partial charge on any atom is 0.416 e. The second-order valence-electron chi connectivity index (χ2n) is 5.12. The Morgan fingerprint density at radius 1 is 1.04 bits per heavy atom. The number of imidazole rings is 1. The summed E-state index contributed by atoms with van der Waals surface area (Å²) in [6, 6.07) is 10.9. The van der Waals surface area contributed by atoms with Crippen molar-refractivity contribution >= 4 is 39.1 Å². The van der Waals surface area contributed by atoms with Crippen molar-refractivity contribution in [2.75, 3.05) is 0 Å². The van der Waals surface area contributed by atoms with Crippen LogP contribution >= 0.6 is 15.9 Å². The van der Waals surface area contributed by atoms with E-state index < -0.39 is 11.7 Å². The van der Waals surface area contributed by atoms with Gasteiger partial charge < -0.3 is 4.57 Å². The zero-order valence-electron chi connectivity index (χ0n) is 12.1. The molecule has 0 N–H and O–H groups in total. The molecule has 23 heavy (non-hydrogen) atoms. The molecule has 0 amide bonds. The number of aromatic nitrogens is 2. The van der Waals surface area contributed by atoms with E-state index in [4.69, 9.17) is 0 Å². The minimum Gasteiger partial charge on any atom is -0.328 e. The molecule has 0 aliphatic carbocycles. The van der Waals surface area contributed by atoms with E-state index in [1.54, 1.807) is 12.2 Å². The maximum absolute atomic E-state index is 12.5. The first kappa shape index (κ1) is 15.8. The van der Waals surface area contributed by atoms with Gasteiger partial charge in [0.2, 0.25) is 0 Å². The lowest BCUT2D eigenvalue weighted by molar-refractivity contribution is -0.137. The topological polar surface area (TPSA) is 17.8 Å². The molecule has 3 aromatic rings. The number of hydrogen-bond donors (Lipinski definition) is 0. The van der Waals surface area contributed by atoms with Crippen LogP contribution in [0.3, 0.4) is 0 Å². The van der Waals surface area contributed by atoms with Crippen LogP contribution in [0.4, 0.5) is 13.2 Å². The van der Waals surface area contributed by atoms with Gasteiger partial charge in [-0.1, -0.05) is 34.1 Å². The molecule has 2 aromatic carbocycles. The van der Waals surface area contributed by atoms with E-state index in [-0.39, 0.29) is 0 Å². The Kier molecular flexibility index (Phi) is 4.02. The zero-order valence-corrected chi connectivity index (χ0v) is 13.7. The van der Waals surface area contributed by atoms with Crippen molar-refractivity contribution in [1.82, 2.24) is 9.55 Å². The number of aryl methyl sites for hydroxylation is 1. The third kappa shape index (κ3) is 3.32. The summed E-state index contributed by atoms with van der Waals surface area (Å²) in [5.74, 6) is 0.734. The Bertz CT molecular complexity index is 877. The minimum atomic E-state index is -4.31. The van der Waals surface area contributed by atoms with Gasteiger partial charge in [-0.25, -0.2) is 4.98 Å². The van der Waals surface area contributed by atoms with Crippen molar-refractivity contribution in [2.24, 2.45) is 7.05 Å². The third-order valence-corrected chi connectivity index (χ3v) is 4.03. The van der Waals surface area contributed by atoms with Crippen molar-refractivity contribution in [3.63, 3.8) is 0 Å². The average molecular weight is 381 g/mol. The maximum atomic E-state index is 12.5. The van der Waals surface area contributed by atoms with E-state index in [1.807, 2.05) is 29.8 Å². The summed E-state index contributed by atoms with van der Waals surface area (Å²) in [7, 11) is 1.90. The molecule has 0 unspecified atom stereocenters. The SMILES string of the molecule is Cn1c(/C=C/c2ccc(C(F)(F)F)cc2)nc2cc(Br)ccc21. The fourth-order valence-electron chi connectivity index (χ4n) is 2.29. The lowest BCUT2D eigenvalue weighted by Crippen LogP contribution is -2.03. The highest BCUT2D eigenvalue weighted by Crippen LogP contribution is 2.29. The Morgan fingerprint density at radius 3 is 2.39 bits per heavy atom. The third-order valence-electron chi connectivity index (χ3n) is 3.54. The zero-order chi connectivity index (χ0) is 16.6. The minimum absolute atomic E-state index is 0.651. The molecule has 118 valence electrons. The van der Waals surface area contributed by atoms with Crippen molar-refractivity contribution < 1.29 is 13.2 Å². The lowest BCUT2D eigenvalue weighted by Gasteiger charge is -2.05. The summed E-state index contributed by atoms with van der Waals surface area (Å²) >= 11 is 3.41. The first-order valence-electron chi connectivity index (χ1n) is 6.82. The van der Waals surface area contributed by atoms with Crippen LogP contribution in [0.1, 0.15) is 17.0 Å². The van der Waals surface area contributed by atoms with Crippen molar-refractivity contribution in [3.05, 3.63) is 63.9 Å². The molecule has 0 bridgehead atoms. The van der Waals surface area contributed by atoms with Gasteiger partial charge in [-0.2, -0.15) is 13.2 Å². The summed E-state index contributed by atoms with van der Waals surface area (Å²) in [4.78, 5) is 4.51. The number of halogens is 4. The molecule has 0 spiro atoms. The fourth-order valence-corrected chi connectivity index (χ4v) is 2.64. The van der Waals surface area contributed by atoms with Crippen LogP contribution in [0.2, 0.25) is 0 Å². The van der Waals surface area contributed by atoms with Gasteiger partial charge in [-0.05, 0) is 42.0 Å². The molecule has 0 saturated heterocycles. The second kappa shape index (κ2) is 5.85. The van der Waals surface area contributed by atoms with Crippen LogP contribution < -0.4 is 0 Å². The van der Waals surface area contributed by atoms with Crippen LogP contribution in [0, 0.1) is 0 Å². The van der Waals surface area contributed by atoms with Crippen LogP contribution in [0.25, 0.3) is 23.2 Å². The van der Waals surface area contributed by atoms with Crippen LogP contribution in [-0.2, 0) is 13.2 Å². The molecular weight excluding hydrogens is 369 g/mol. The van der Waals surface area contributed by atoms with Crippen LogP contribution in [0.15, 0.2) is 46.9 Å². The summed E-state index contributed by atoms with van der Waals surface area (Å²) in [5, 5.41) is 0. The largest absolute Gasteiger partial charge is 0.416 e. The highest BCUT2D eigenvalue weighted by Gasteiger charge is 2.29. The van der Waals surface area contributed by atoms with Crippen LogP contribution in [0.5, 0.6) is 0 Å². The Balaban J connectivity index is 1.89. The molecule has 1 heterocycles. The quantitative estimate of drug-likeness (QED) is 0.571. The highest BCUT2D eigenvalue weighted by molar-refractivity contribution is 9.10. The van der Waals surface area contributed by atoms with Gasteiger partial charge in [-0.15, -0.1) is 0 Å². The van der Waals surface area contributed by atoms with Gasteiger partial charge in [0.05, 0.1) is 16.6 Å². The number of fused-ring (bicyclic) bond motifs is 1. The van der Waals surface area contributed by atoms with Crippen molar-refractivity contribution in [3.8, 4) is 0 Å². The number of alkyl halides is 3.